The summed E-state index contributed by atoms with van der Waals surface area (Å²) in [4.78, 5) is 25.1. The quantitative estimate of drug-likeness (QED) is 0.831. The summed E-state index contributed by atoms with van der Waals surface area (Å²) < 4.78 is 0. The third-order valence-electron chi connectivity index (χ3n) is 3.93. The highest BCUT2D eigenvalue weighted by atomic mass is 32.2. The molecule has 1 saturated carbocycles. The van der Waals surface area contributed by atoms with Gasteiger partial charge in [-0.2, -0.15) is 11.8 Å². The van der Waals surface area contributed by atoms with Gasteiger partial charge in [-0.05, 0) is 25.0 Å². The number of carbonyl (C=O) groups is 2. The summed E-state index contributed by atoms with van der Waals surface area (Å²) in [6, 6.07) is -0.0781. The third-order valence-corrected chi connectivity index (χ3v) is 4.98. The zero-order valence-corrected chi connectivity index (χ0v) is 12.0. The van der Waals surface area contributed by atoms with E-state index in [1.165, 1.54) is 0 Å². The Kier molecular flexibility index (Phi) is 4.96. The summed E-state index contributed by atoms with van der Waals surface area (Å²) in [6.07, 6.45) is 4.64. The first kappa shape index (κ1) is 14.5. The molecule has 0 aromatic heterocycles. The Morgan fingerprint density at radius 1 is 1.16 bits per heavy atom. The van der Waals surface area contributed by atoms with Gasteiger partial charge in [-0.25, -0.2) is 4.79 Å². The molecule has 0 atom stereocenters. The maximum absolute atomic E-state index is 12.3. The van der Waals surface area contributed by atoms with Crippen LogP contribution in [0, 0.1) is 0 Å². The van der Waals surface area contributed by atoms with Crippen LogP contribution in [-0.2, 0) is 4.79 Å². The highest BCUT2D eigenvalue weighted by molar-refractivity contribution is 7.99. The van der Waals surface area contributed by atoms with Crippen molar-refractivity contribution in [2.75, 3.05) is 24.6 Å². The Morgan fingerprint density at radius 2 is 1.89 bits per heavy atom. The normalized spacial score (nSPS) is 22.8. The van der Waals surface area contributed by atoms with Gasteiger partial charge in [0.05, 0.1) is 12.0 Å². The Labute approximate surface area is 118 Å². The van der Waals surface area contributed by atoms with Gasteiger partial charge < -0.3 is 15.3 Å². The van der Waals surface area contributed by atoms with E-state index in [1.54, 1.807) is 0 Å². The minimum absolute atomic E-state index is 0.0430. The summed E-state index contributed by atoms with van der Waals surface area (Å²) in [5.74, 6) is 1.25. The fourth-order valence-electron chi connectivity index (χ4n) is 2.94. The van der Waals surface area contributed by atoms with Crippen LogP contribution in [0.3, 0.4) is 0 Å². The molecular weight excluding hydrogens is 264 g/mol. The SMILES string of the molecule is O=C(O)CC1(NC(=O)N2CCCSCC2)CCCC1. The van der Waals surface area contributed by atoms with E-state index in [4.69, 9.17) is 5.11 Å². The molecule has 0 spiro atoms. The van der Waals surface area contributed by atoms with Crippen LogP contribution in [0.2, 0.25) is 0 Å². The molecule has 2 rings (SSSR count). The molecule has 108 valence electrons. The molecule has 2 amide bonds. The first-order chi connectivity index (χ1) is 9.11. The van der Waals surface area contributed by atoms with E-state index in [2.05, 4.69) is 5.32 Å². The summed E-state index contributed by atoms with van der Waals surface area (Å²) in [5.41, 5.74) is -0.512. The van der Waals surface area contributed by atoms with Crippen molar-refractivity contribution in [3.63, 3.8) is 0 Å². The van der Waals surface area contributed by atoms with E-state index >= 15 is 0 Å². The summed E-state index contributed by atoms with van der Waals surface area (Å²) >= 11 is 1.87. The topological polar surface area (TPSA) is 69.6 Å². The fraction of sp³-hybridized carbons (Fsp3) is 0.846. The van der Waals surface area contributed by atoms with E-state index in [0.29, 0.717) is 0 Å². The number of urea groups is 1. The minimum atomic E-state index is -0.825. The molecule has 0 unspecified atom stereocenters. The summed E-state index contributed by atoms with van der Waals surface area (Å²) in [5, 5.41) is 12.1. The van der Waals surface area contributed by atoms with Gasteiger partial charge in [-0.1, -0.05) is 12.8 Å². The van der Waals surface area contributed by atoms with Crippen LogP contribution in [0.4, 0.5) is 4.79 Å². The number of aliphatic carboxylic acids is 1. The van der Waals surface area contributed by atoms with Crippen molar-refractivity contribution >= 4 is 23.8 Å². The van der Waals surface area contributed by atoms with Crippen LogP contribution >= 0.6 is 11.8 Å². The number of carboxylic acid groups (broad SMARTS) is 1. The van der Waals surface area contributed by atoms with E-state index < -0.39 is 11.5 Å². The van der Waals surface area contributed by atoms with Crippen LogP contribution in [0.15, 0.2) is 0 Å². The molecule has 2 fully saturated rings. The number of hydrogen-bond acceptors (Lipinski definition) is 3. The van der Waals surface area contributed by atoms with Gasteiger partial charge in [0.1, 0.15) is 0 Å². The molecule has 2 N–H and O–H groups in total. The van der Waals surface area contributed by atoms with Gasteiger partial charge in [0, 0.05) is 18.8 Å². The second-order valence-electron chi connectivity index (χ2n) is 5.44. The summed E-state index contributed by atoms with van der Waals surface area (Å²) in [6.45, 7) is 1.54. The number of nitrogens with zero attached hydrogens (tertiary/aromatic N) is 1. The molecular formula is C13H22N2O3S. The molecule has 5 nitrogen and oxygen atoms in total. The predicted molar refractivity (Wildman–Crippen MR) is 75.5 cm³/mol. The smallest absolute Gasteiger partial charge is 0.317 e. The van der Waals surface area contributed by atoms with Crippen molar-refractivity contribution in [1.29, 1.82) is 0 Å². The van der Waals surface area contributed by atoms with Gasteiger partial charge in [0.25, 0.3) is 0 Å². The fourth-order valence-corrected chi connectivity index (χ4v) is 3.83. The molecule has 0 radical (unpaired) electrons. The van der Waals surface area contributed by atoms with Crippen LogP contribution in [-0.4, -0.2) is 52.1 Å². The molecule has 1 aliphatic heterocycles. The highest BCUT2D eigenvalue weighted by Gasteiger charge is 2.38. The van der Waals surface area contributed by atoms with Crippen molar-refractivity contribution in [2.24, 2.45) is 0 Å². The maximum atomic E-state index is 12.3. The molecule has 0 aromatic rings. The van der Waals surface area contributed by atoms with E-state index in [9.17, 15) is 9.59 Å². The van der Waals surface area contributed by atoms with Gasteiger partial charge >= 0.3 is 12.0 Å². The monoisotopic (exact) mass is 286 g/mol. The zero-order chi connectivity index (χ0) is 13.7. The second-order valence-corrected chi connectivity index (χ2v) is 6.67. The average Bonchev–Trinajstić information content (AvgIpc) is 2.65. The number of carbonyl (C=O) groups excluding carboxylic acids is 1. The lowest BCUT2D eigenvalue weighted by molar-refractivity contribution is -0.138. The van der Waals surface area contributed by atoms with Crippen molar-refractivity contribution < 1.29 is 14.7 Å². The van der Waals surface area contributed by atoms with Crippen LogP contribution in [0.1, 0.15) is 38.5 Å². The van der Waals surface area contributed by atoms with Crippen molar-refractivity contribution in [1.82, 2.24) is 10.2 Å². The lowest BCUT2D eigenvalue weighted by atomic mass is 9.93. The number of carboxylic acids is 1. The highest BCUT2D eigenvalue weighted by Crippen LogP contribution is 2.32. The largest absolute Gasteiger partial charge is 0.481 e. The van der Waals surface area contributed by atoms with E-state index in [1.807, 2.05) is 16.7 Å². The lowest BCUT2D eigenvalue weighted by Crippen LogP contribution is -2.53. The first-order valence-electron chi connectivity index (χ1n) is 6.98. The van der Waals surface area contributed by atoms with Crippen LogP contribution in [0.25, 0.3) is 0 Å². The van der Waals surface area contributed by atoms with Gasteiger partial charge in [-0.15, -0.1) is 0 Å². The van der Waals surface area contributed by atoms with Gasteiger partial charge in [0.2, 0.25) is 0 Å². The Bertz CT molecular complexity index is 335. The Morgan fingerprint density at radius 3 is 2.58 bits per heavy atom. The lowest BCUT2D eigenvalue weighted by Gasteiger charge is -2.32. The molecule has 1 heterocycles. The second kappa shape index (κ2) is 6.50. The van der Waals surface area contributed by atoms with Gasteiger partial charge in [-0.3, -0.25) is 4.79 Å². The Hall–Kier alpha value is -0.910. The number of thioether (sulfide) groups is 1. The molecule has 1 aliphatic carbocycles. The van der Waals surface area contributed by atoms with Gasteiger partial charge in [0.15, 0.2) is 0 Å². The van der Waals surface area contributed by atoms with Crippen molar-refractivity contribution in [3.05, 3.63) is 0 Å². The third kappa shape index (κ3) is 4.03. The Balaban J connectivity index is 1.96. The van der Waals surface area contributed by atoms with E-state index in [0.717, 1.165) is 56.7 Å². The summed E-state index contributed by atoms with van der Waals surface area (Å²) in [7, 11) is 0. The molecule has 19 heavy (non-hydrogen) atoms. The number of rotatable bonds is 3. The molecule has 1 saturated heterocycles. The first-order valence-corrected chi connectivity index (χ1v) is 8.13. The maximum Gasteiger partial charge on any atom is 0.317 e. The minimum Gasteiger partial charge on any atom is -0.481 e. The van der Waals surface area contributed by atoms with Crippen LogP contribution < -0.4 is 5.32 Å². The number of amides is 2. The molecule has 0 aromatic carbocycles. The van der Waals surface area contributed by atoms with Crippen molar-refractivity contribution in [3.8, 4) is 0 Å². The number of hydrogen-bond donors (Lipinski definition) is 2. The average molecular weight is 286 g/mol. The van der Waals surface area contributed by atoms with Crippen LogP contribution in [0.5, 0.6) is 0 Å². The molecule has 2 aliphatic rings. The predicted octanol–water partition coefficient (Wildman–Crippen LogP) is 1.92. The molecule has 6 heteroatoms. The standard InChI is InChI=1S/C13H22N2O3S/c16-11(17)10-13(4-1-2-5-13)14-12(18)15-6-3-8-19-9-7-15/h1-10H2,(H,14,18)(H,16,17). The number of nitrogens with one attached hydrogen (secondary N) is 1. The van der Waals surface area contributed by atoms with E-state index in [-0.39, 0.29) is 12.5 Å². The zero-order valence-electron chi connectivity index (χ0n) is 11.2. The van der Waals surface area contributed by atoms with Crippen molar-refractivity contribution in [2.45, 2.75) is 44.1 Å². The molecule has 0 bridgehead atoms.